The van der Waals surface area contributed by atoms with Gasteiger partial charge in [-0.15, -0.1) is 0 Å². The first kappa shape index (κ1) is 10.5. The van der Waals surface area contributed by atoms with Crippen molar-refractivity contribution in [1.29, 1.82) is 0 Å². The summed E-state index contributed by atoms with van der Waals surface area (Å²) < 4.78 is 2.01. The van der Waals surface area contributed by atoms with E-state index in [4.69, 9.17) is 17.3 Å². The van der Waals surface area contributed by atoms with E-state index in [-0.39, 0.29) is 0 Å². The lowest BCUT2D eigenvalue weighted by atomic mass is 10.1. The molecule has 3 nitrogen and oxygen atoms in total. The summed E-state index contributed by atoms with van der Waals surface area (Å²) in [6.07, 6.45) is 0. The van der Waals surface area contributed by atoms with Crippen LogP contribution in [0.25, 0.3) is 11.0 Å². The summed E-state index contributed by atoms with van der Waals surface area (Å²) in [5.74, 6) is 0.861. The largest absolute Gasteiger partial charge is 0.330 e. The molecule has 1 aromatic carbocycles. The molecule has 4 heteroatoms. The van der Waals surface area contributed by atoms with E-state index >= 15 is 0 Å². The van der Waals surface area contributed by atoms with E-state index in [1.165, 1.54) is 0 Å². The SMILES string of the molecule is Cn1c(C(C)(C)N)nc2cc(Cl)ccc21. The van der Waals surface area contributed by atoms with Crippen LogP contribution in [0.4, 0.5) is 0 Å². The molecule has 0 saturated heterocycles. The minimum atomic E-state index is -0.444. The molecule has 0 aliphatic carbocycles. The lowest BCUT2D eigenvalue weighted by Crippen LogP contribution is -2.32. The zero-order chi connectivity index (χ0) is 11.2. The second-order valence-electron chi connectivity index (χ2n) is 4.35. The number of hydrogen-bond acceptors (Lipinski definition) is 2. The fourth-order valence-corrected chi connectivity index (χ4v) is 1.92. The Kier molecular flexibility index (Phi) is 2.24. The molecular weight excluding hydrogens is 210 g/mol. The van der Waals surface area contributed by atoms with Crippen molar-refractivity contribution < 1.29 is 0 Å². The summed E-state index contributed by atoms with van der Waals surface area (Å²) >= 11 is 5.91. The number of hydrogen-bond donors (Lipinski definition) is 1. The molecular formula is C11H14ClN3. The standard InChI is InChI=1S/C11H14ClN3/c1-11(2,13)10-14-8-6-7(12)4-5-9(8)15(10)3/h4-6H,13H2,1-3H3. The highest BCUT2D eigenvalue weighted by Crippen LogP contribution is 2.23. The molecule has 2 rings (SSSR count). The van der Waals surface area contributed by atoms with E-state index in [2.05, 4.69) is 4.98 Å². The van der Waals surface area contributed by atoms with Gasteiger partial charge in [0.25, 0.3) is 0 Å². The van der Waals surface area contributed by atoms with E-state index in [9.17, 15) is 0 Å². The summed E-state index contributed by atoms with van der Waals surface area (Å²) in [5.41, 5.74) is 7.54. The van der Waals surface area contributed by atoms with Crippen LogP contribution in [0, 0.1) is 0 Å². The van der Waals surface area contributed by atoms with E-state index in [1.807, 2.05) is 43.7 Å². The fraction of sp³-hybridized carbons (Fsp3) is 0.364. The topological polar surface area (TPSA) is 43.8 Å². The maximum atomic E-state index is 6.04. The molecule has 0 fully saturated rings. The van der Waals surface area contributed by atoms with Crippen molar-refractivity contribution in [2.75, 3.05) is 0 Å². The highest BCUT2D eigenvalue weighted by molar-refractivity contribution is 6.31. The molecule has 1 heterocycles. The normalized spacial score (nSPS) is 12.3. The van der Waals surface area contributed by atoms with Gasteiger partial charge in [-0.1, -0.05) is 11.6 Å². The van der Waals surface area contributed by atoms with Gasteiger partial charge in [0.1, 0.15) is 5.82 Å². The van der Waals surface area contributed by atoms with Crippen LogP contribution in [0.3, 0.4) is 0 Å². The summed E-state index contributed by atoms with van der Waals surface area (Å²) in [7, 11) is 1.97. The number of rotatable bonds is 1. The molecule has 0 spiro atoms. The second-order valence-corrected chi connectivity index (χ2v) is 4.79. The lowest BCUT2D eigenvalue weighted by molar-refractivity contribution is 0.498. The number of aryl methyl sites for hydroxylation is 1. The molecule has 0 atom stereocenters. The zero-order valence-corrected chi connectivity index (χ0v) is 9.84. The van der Waals surface area contributed by atoms with E-state index in [0.717, 1.165) is 16.9 Å². The summed E-state index contributed by atoms with van der Waals surface area (Å²) in [6, 6.07) is 5.67. The Bertz CT molecular complexity index is 508. The van der Waals surface area contributed by atoms with Crippen molar-refractivity contribution >= 4 is 22.6 Å². The third-order valence-electron chi connectivity index (χ3n) is 2.42. The van der Waals surface area contributed by atoms with Crippen molar-refractivity contribution in [2.24, 2.45) is 12.8 Å². The average molecular weight is 224 g/mol. The van der Waals surface area contributed by atoms with Crippen molar-refractivity contribution in [2.45, 2.75) is 19.4 Å². The van der Waals surface area contributed by atoms with Crippen LogP contribution < -0.4 is 5.73 Å². The Morgan fingerprint density at radius 2 is 2.07 bits per heavy atom. The number of nitrogens with zero attached hydrogens (tertiary/aromatic N) is 2. The van der Waals surface area contributed by atoms with Gasteiger partial charge >= 0.3 is 0 Å². The molecule has 0 aliphatic rings. The minimum absolute atomic E-state index is 0.444. The van der Waals surface area contributed by atoms with Crippen LogP contribution in [0.15, 0.2) is 18.2 Å². The third kappa shape index (κ3) is 1.73. The number of benzene rings is 1. The Morgan fingerprint density at radius 1 is 1.40 bits per heavy atom. The second kappa shape index (κ2) is 3.22. The Morgan fingerprint density at radius 3 is 2.67 bits per heavy atom. The van der Waals surface area contributed by atoms with Gasteiger partial charge in [0, 0.05) is 12.1 Å². The molecule has 2 N–H and O–H groups in total. The monoisotopic (exact) mass is 223 g/mol. The third-order valence-corrected chi connectivity index (χ3v) is 2.65. The van der Waals surface area contributed by atoms with Crippen molar-refractivity contribution in [3.63, 3.8) is 0 Å². The molecule has 80 valence electrons. The van der Waals surface area contributed by atoms with Crippen LogP contribution >= 0.6 is 11.6 Å². The van der Waals surface area contributed by atoms with E-state index in [0.29, 0.717) is 5.02 Å². The number of nitrogens with two attached hydrogens (primary N) is 1. The van der Waals surface area contributed by atoms with Gasteiger partial charge in [0.05, 0.1) is 16.6 Å². The van der Waals surface area contributed by atoms with Crippen molar-refractivity contribution in [1.82, 2.24) is 9.55 Å². The number of fused-ring (bicyclic) bond motifs is 1. The van der Waals surface area contributed by atoms with Crippen LogP contribution in [-0.4, -0.2) is 9.55 Å². The number of halogens is 1. The minimum Gasteiger partial charge on any atom is -0.330 e. The maximum Gasteiger partial charge on any atom is 0.129 e. The average Bonchev–Trinajstić information content (AvgIpc) is 2.42. The van der Waals surface area contributed by atoms with Crippen molar-refractivity contribution in [3.05, 3.63) is 29.0 Å². The fourth-order valence-electron chi connectivity index (χ4n) is 1.75. The van der Waals surface area contributed by atoms with Crippen LogP contribution in [0.1, 0.15) is 19.7 Å². The van der Waals surface area contributed by atoms with Crippen LogP contribution in [-0.2, 0) is 12.6 Å². The zero-order valence-electron chi connectivity index (χ0n) is 9.08. The molecule has 15 heavy (non-hydrogen) atoms. The first-order valence-corrected chi connectivity index (χ1v) is 5.19. The highest BCUT2D eigenvalue weighted by atomic mass is 35.5. The lowest BCUT2D eigenvalue weighted by Gasteiger charge is -2.17. The smallest absolute Gasteiger partial charge is 0.129 e. The van der Waals surface area contributed by atoms with Crippen LogP contribution in [0.5, 0.6) is 0 Å². The van der Waals surface area contributed by atoms with Gasteiger partial charge in [-0.05, 0) is 32.0 Å². The Balaban J connectivity index is 2.75. The van der Waals surface area contributed by atoms with E-state index in [1.54, 1.807) is 0 Å². The van der Waals surface area contributed by atoms with Gasteiger partial charge in [-0.2, -0.15) is 0 Å². The first-order valence-electron chi connectivity index (χ1n) is 4.81. The summed E-state index contributed by atoms with van der Waals surface area (Å²) in [4.78, 5) is 4.50. The molecule has 2 aromatic rings. The van der Waals surface area contributed by atoms with Gasteiger partial charge in [-0.3, -0.25) is 0 Å². The van der Waals surface area contributed by atoms with Crippen LogP contribution in [0.2, 0.25) is 5.02 Å². The van der Waals surface area contributed by atoms with E-state index < -0.39 is 5.54 Å². The maximum absolute atomic E-state index is 6.04. The molecule has 0 bridgehead atoms. The molecule has 0 unspecified atom stereocenters. The van der Waals surface area contributed by atoms with Gasteiger partial charge in [0.15, 0.2) is 0 Å². The summed E-state index contributed by atoms with van der Waals surface area (Å²) in [5, 5.41) is 0.696. The Labute approximate surface area is 93.9 Å². The molecule has 1 aromatic heterocycles. The molecule has 0 radical (unpaired) electrons. The molecule has 0 saturated carbocycles. The molecule has 0 aliphatic heterocycles. The summed E-state index contributed by atoms with van der Waals surface area (Å²) in [6.45, 7) is 3.88. The predicted octanol–water partition coefficient (Wildman–Crippen LogP) is 2.42. The predicted molar refractivity (Wildman–Crippen MR) is 62.9 cm³/mol. The number of aromatic nitrogens is 2. The van der Waals surface area contributed by atoms with Gasteiger partial charge in [-0.25, -0.2) is 4.98 Å². The quantitative estimate of drug-likeness (QED) is 0.807. The van der Waals surface area contributed by atoms with Crippen molar-refractivity contribution in [3.8, 4) is 0 Å². The van der Waals surface area contributed by atoms with Gasteiger partial charge in [0.2, 0.25) is 0 Å². The Hall–Kier alpha value is -1.06. The highest BCUT2D eigenvalue weighted by Gasteiger charge is 2.21. The first-order chi connectivity index (χ1) is 6.89. The number of imidazole rings is 1. The van der Waals surface area contributed by atoms with Gasteiger partial charge < -0.3 is 10.3 Å². The molecule has 0 amide bonds.